The number of aromatic amines is 2. The van der Waals surface area contributed by atoms with Crippen LogP contribution in [0.4, 0.5) is 5.69 Å². The minimum absolute atomic E-state index is 0.220. The summed E-state index contributed by atoms with van der Waals surface area (Å²) < 4.78 is 12.7. The smallest absolute Gasteiger partial charge is 0.323 e. The summed E-state index contributed by atoms with van der Waals surface area (Å²) in [5.74, 6) is 1.21. The molecule has 0 fully saturated rings. The Balaban J connectivity index is 1.52. The molecule has 0 saturated heterocycles. The SMILES string of the molecule is CCOc1cc(CNc2ccc3[nH]c(=O)[nH]c3c2)c(Br)cc1OCc1c(Cl)cccc1Cl. The maximum absolute atomic E-state index is 11.5. The molecule has 3 N–H and O–H groups in total. The Morgan fingerprint density at radius 2 is 1.69 bits per heavy atom. The first kappa shape index (κ1) is 22.6. The molecule has 0 radical (unpaired) electrons. The molecule has 0 atom stereocenters. The van der Waals surface area contributed by atoms with Gasteiger partial charge in [-0.25, -0.2) is 4.79 Å². The minimum atomic E-state index is -0.227. The number of benzene rings is 3. The summed E-state index contributed by atoms with van der Waals surface area (Å²) in [4.78, 5) is 17.0. The van der Waals surface area contributed by atoms with E-state index in [2.05, 4.69) is 31.2 Å². The number of nitrogens with one attached hydrogen (secondary N) is 3. The van der Waals surface area contributed by atoms with Gasteiger partial charge < -0.3 is 24.8 Å². The molecule has 6 nitrogen and oxygen atoms in total. The van der Waals surface area contributed by atoms with Crippen molar-refractivity contribution in [2.24, 2.45) is 0 Å². The number of hydrogen-bond acceptors (Lipinski definition) is 4. The van der Waals surface area contributed by atoms with Gasteiger partial charge in [0.1, 0.15) is 6.61 Å². The topological polar surface area (TPSA) is 79.1 Å². The molecule has 4 aromatic rings. The average Bonchev–Trinajstić information content (AvgIpc) is 3.13. The normalized spacial score (nSPS) is 11.0. The molecule has 32 heavy (non-hydrogen) atoms. The Labute approximate surface area is 203 Å². The zero-order valence-electron chi connectivity index (χ0n) is 17.1. The largest absolute Gasteiger partial charge is 0.490 e. The summed E-state index contributed by atoms with van der Waals surface area (Å²) in [7, 11) is 0. The highest BCUT2D eigenvalue weighted by molar-refractivity contribution is 9.10. The Kier molecular flexibility index (Phi) is 6.98. The Morgan fingerprint density at radius 3 is 2.44 bits per heavy atom. The fourth-order valence-corrected chi connectivity index (χ4v) is 4.22. The maximum Gasteiger partial charge on any atom is 0.323 e. The van der Waals surface area contributed by atoms with Crippen LogP contribution < -0.4 is 20.5 Å². The van der Waals surface area contributed by atoms with E-state index in [4.69, 9.17) is 32.7 Å². The molecule has 1 aromatic heterocycles. The van der Waals surface area contributed by atoms with Gasteiger partial charge in [-0.3, -0.25) is 0 Å². The van der Waals surface area contributed by atoms with Crippen LogP contribution in [-0.4, -0.2) is 16.6 Å². The first-order chi connectivity index (χ1) is 15.4. The van der Waals surface area contributed by atoms with E-state index in [1.165, 1.54) is 0 Å². The molecule has 4 rings (SSSR count). The van der Waals surface area contributed by atoms with Crippen molar-refractivity contribution >= 4 is 55.9 Å². The molecule has 1 heterocycles. The van der Waals surface area contributed by atoms with Gasteiger partial charge in [0.25, 0.3) is 0 Å². The van der Waals surface area contributed by atoms with Crippen molar-refractivity contribution in [1.29, 1.82) is 0 Å². The fourth-order valence-electron chi connectivity index (χ4n) is 3.25. The van der Waals surface area contributed by atoms with Crippen LogP contribution in [0.3, 0.4) is 0 Å². The van der Waals surface area contributed by atoms with Gasteiger partial charge in [0, 0.05) is 32.3 Å². The summed E-state index contributed by atoms with van der Waals surface area (Å²) >= 11 is 16.1. The number of imidazole rings is 1. The van der Waals surface area contributed by atoms with Crippen molar-refractivity contribution in [3.63, 3.8) is 0 Å². The molecule has 0 aliphatic rings. The van der Waals surface area contributed by atoms with Gasteiger partial charge in [-0.1, -0.05) is 45.2 Å². The predicted octanol–water partition coefficient (Wildman–Crippen LogP) is 6.52. The molecule has 9 heteroatoms. The van der Waals surface area contributed by atoms with E-state index in [1.807, 2.05) is 37.3 Å². The second kappa shape index (κ2) is 9.90. The van der Waals surface area contributed by atoms with E-state index in [0.717, 1.165) is 32.3 Å². The number of hydrogen-bond donors (Lipinski definition) is 3. The van der Waals surface area contributed by atoms with Crippen LogP contribution in [0, 0.1) is 0 Å². The molecule has 0 saturated carbocycles. The summed E-state index contributed by atoms with van der Waals surface area (Å²) in [6.07, 6.45) is 0. The number of halogens is 3. The number of H-pyrrole nitrogens is 2. The Morgan fingerprint density at radius 1 is 0.969 bits per heavy atom. The summed E-state index contributed by atoms with van der Waals surface area (Å²) in [5.41, 5.74) is 3.87. The molecule has 0 unspecified atom stereocenters. The third-order valence-corrected chi connectivity index (χ3v) is 6.29. The summed E-state index contributed by atoms with van der Waals surface area (Å²) in [6.45, 7) is 3.17. The standard InChI is InChI=1S/C23H20BrCl2N3O3/c1-2-31-21-8-13(11-27-14-6-7-19-20(9-14)29-23(30)28-19)16(24)10-22(21)32-12-15-17(25)4-3-5-18(15)26/h3-10,27H,2,11-12H2,1H3,(H2,28,29,30). The van der Waals surface area contributed by atoms with Crippen molar-refractivity contribution in [3.05, 3.63) is 84.7 Å². The third-order valence-electron chi connectivity index (χ3n) is 4.85. The summed E-state index contributed by atoms with van der Waals surface area (Å²) in [6, 6.07) is 14.8. The van der Waals surface area contributed by atoms with Crippen LogP contribution in [0.15, 0.2) is 57.8 Å². The molecule has 166 valence electrons. The second-order valence-corrected chi connectivity index (χ2v) is 8.67. The number of rotatable bonds is 8. The zero-order chi connectivity index (χ0) is 22.7. The van der Waals surface area contributed by atoms with E-state index in [1.54, 1.807) is 18.2 Å². The van der Waals surface area contributed by atoms with Gasteiger partial charge >= 0.3 is 5.69 Å². The number of ether oxygens (including phenoxy) is 2. The molecule has 0 amide bonds. The summed E-state index contributed by atoms with van der Waals surface area (Å²) in [5, 5.41) is 4.47. The van der Waals surface area contributed by atoms with E-state index in [9.17, 15) is 4.79 Å². The van der Waals surface area contributed by atoms with Gasteiger partial charge in [-0.15, -0.1) is 0 Å². The van der Waals surface area contributed by atoms with E-state index in [-0.39, 0.29) is 12.3 Å². The van der Waals surface area contributed by atoms with Crippen molar-refractivity contribution in [2.75, 3.05) is 11.9 Å². The number of aromatic nitrogens is 2. The molecule has 0 bridgehead atoms. The van der Waals surface area contributed by atoms with Crippen LogP contribution in [0.2, 0.25) is 10.0 Å². The highest BCUT2D eigenvalue weighted by Crippen LogP contribution is 2.36. The van der Waals surface area contributed by atoms with Crippen molar-refractivity contribution in [2.45, 2.75) is 20.1 Å². The van der Waals surface area contributed by atoms with Gasteiger partial charge in [0.2, 0.25) is 0 Å². The zero-order valence-corrected chi connectivity index (χ0v) is 20.2. The van der Waals surface area contributed by atoms with Crippen LogP contribution >= 0.6 is 39.1 Å². The lowest BCUT2D eigenvalue weighted by Crippen LogP contribution is -2.04. The molecule has 0 aliphatic heterocycles. The lowest BCUT2D eigenvalue weighted by Gasteiger charge is -2.16. The highest BCUT2D eigenvalue weighted by atomic mass is 79.9. The molecule has 0 spiro atoms. The first-order valence-corrected chi connectivity index (χ1v) is 11.5. The van der Waals surface area contributed by atoms with E-state index >= 15 is 0 Å². The predicted molar refractivity (Wildman–Crippen MR) is 132 cm³/mol. The van der Waals surface area contributed by atoms with Crippen LogP contribution in [-0.2, 0) is 13.2 Å². The highest BCUT2D eigenvalue weighted by Gasteiger charge is 2.13. The van der Waals surface area contributed by atoms with Gasteiger partial charge in [0.15, 0.2) is 11.5 Å². The lowest BCUT2D eigenvalue weighted by atomic mass is 10.2. The van der Waals surface area contributed by atoms with Crippen molar-refractivity contribution in [1.82, 2.24) is 9.97 Å². The fraction of sp³-hybridized carbons (Fsp3) is 0.174. The van der Waals surface area contributed by atoms with Crippen LogP contribution in [0.5, 0.6) is 11.5 Å². The van der Waals surface area contributed by atoms with E-state index < -0.39 is 0 Å². The van der Waals surface area contributed by atoms with Crippen molar-refractivity contribution < 1.29 is 9.47 Å². The molecule has 0 aliphatic carbocycles. The maximum atomic E-state index is 11.5. The lowest BCUT2D eigenvalue weighted by molar-refractivity contribution is 0.269. The Hall–Kier alpha value is -2.61. The average molecular weight is 537 g/mol. The van der Waals surface area contributed by atoms with Gasteiger partial charge in [-0.05, 0) is 55.0 Å². The van der Waals surface area contributed by atoms with Crippen molar-refractivity contribution in [3.8, 4) is 11.5 Å². The second-order valence-electron chi connectivity index (χ2n) is 7.01. The molecular weight excluding hydrogens is 517 g/mol. The van der Waals surface area contributed by atoms with Gasteiger partial charge in [-0.2, -0.15) is 0 Å². The monoisotopic (exact) mass is 535 g/mol. The molecular formula is C23H20BrCl2N3O3. The number of fused-ring (bicyclic) bond motifs is 1. The van der Waals surface area contributed by atoms with Crippen LogP contribution in [0.25, 0.3) is 11.0 Å². The Bertz CT molecular complexity index is 1300. The quantitative estimate of drug-likeness (QED) is 0.239. The van der Waals surface area contributed by atoms with Gasteiger partial charge in [0.05, 0.1) is 17.6 Å². The number of anilines is 1. The minimum Gasteiger partial charge on any atom is -0.490 e. The van der Waals surface area contributed by atoms with E-state index in [0.29, 0.717) is 34.7 Å². The first-order valence-electron chi connectivity index (χ1n) is 9.91. The molecule has 3 aromatic carbocycles. The van der Waals surface area contributed by atoms with Crippen LogP contribution in [0.1, 0.15) is 18.1 Å². The third kappa shape index (κ3) is 5.06.